The Morgan fingerprint density at radius 3 is 1.73 bits per heavy atom. The van der Waals surface area contributed by atoms with E-state index in [0.29, 0.717) is 0 Å². The third-order valence-electron chi connectivity index (χ3n) is 1.77. The van der Waals surface area contributed by atoms with Gasteiger partial charge in [-0.1, -0.05) is 53.0 Å². The second-order valence-corrected chi connectivity index (χ2v) is 3.04. The van der Waals surface area contributed by atoms with Crippen molar-refractivity contribution < 1.29 is 0 Å². The van der Waals surface area contributed by atoms with Crippen molar-refractivity contribution in [1.82, 2.24) is 0 Å². The Hall–Kier alpha value is -0.260. The molecule has 0 bridgehead atoms. The van der Waals surface area contributed by atoms with Crippen LogP contribution in [0.15, 0.2) is 12.7 Å². The molecular weight excluding hydrogens is 132 g/mol. The van der Waals surface area contributed by atoms with E-state index in [-0.39, 0.29) is 0 Å². The molecule has 0 aromatic carbocycles. The zero-order chi connectivity index (χ0) is 9.11. The minimum atomic E-state index is 0.831. The summed E-state index contributed by atoms with van der Waals surface area (Å²) >= 11 is 0. The highest BCUT2D eigenvalue weighted by Crippen LogP contribution is 2.04. The molecule has 1 atom stereocenters. The van der Waals surface area contributed by atoms with E-state index in [1.54, 1.807) is 0 Å². The molecule has 0 radical (unpaired) electrons. The monoisotopic (exact) mass is 156 g/mol. The standard InChI is InChI=1S/C7H14.C4H10/c1-4-6-7(3)5-2;1-3-4-2/h4,7H,1,5-6H2,2-3H3;3-4H2,1-2H3. The Bertz CT molecular complexity index is 62.4. The second-order valence-electron chi connectivity index (χ2n) is 3.04. The summed E-state index contributed by atoms with van der Waals surface area (Å²) in [5.41, 5.74) is 0. The number of hydrogen-bond donors (Lipinski definition) is 0. The first-order valence-electron chi connectivity index (χ1n) is 4.83. The van der Waals surface area contributed by atoms with E-state index in [1.807, 2.05) is 6.08 Å². The van der Waals surface area contributed by atoms with Crippen LogP contribution in [0.2, 0.25) is 0 Å². The molecule has 0 heteroatoms. The van der Waals surface area contributed by atoms with Gasteiger partial charge in [-0.2, -0.15) is 0 Å². The van der Waals surface area contributed by atoms with Crippen molar-refractivity contribution in [1.29, 1.82) is 0 Å². The number of unbranched alkanes of at least 4 members (excludes halogenated alkanes) is 1. The highest BCUT2D eigenvalue weighted by Gasteiger charge is 1.90. The van der Waals surface area contributed by atoms with E-state index in [4.69, 9.17) is 0 Å². The summed E-state index contributed by atoms with van der Waals surface area (Å²) in [6, 6.07) is 0. The van der Waals surface area contributed by atoms with E-state index >= 15 is 0 Å². The van der Waals surface area contributed by atoms with Crippen molar-refractivity contribution in [2.75, 3.05) is 0 Å². The van der Waals surface area contributed by atoms with Gasteiger partial charge in [0.15, 0.2) is 0 Å². The van der Waals surface area contributed by atoms with Gasteiger partial charge in [0.1, 0.15) is 0 Å². The SMILES string of the molecule is C=CCC(C)CC.CCCC. The topological polar surface area (TPSA) is 0 Å². The third-order valence-corrected chi connectivity index (χ3v) is 1.77. The van der Waals surface area contributed by atoms with E-state index < -0.39 is 0 Å². The number of allylic oxidation sites excluding steroid dienone is 1. The lowest BCUT2D eigenvalue weighted by molar-refractivity contribution is 0.572. The van der Waals surface area contributed by atoms with Crippen LogP contribution in [0, 0.1) is 5.92 Å². The van der Waals surface area contributed by atoms with Crippen molar-refractivity contribution >= 4 is 0 Å². The van der Waals surface area contributed by atoms with Crippen LogP contribution in [0.3, 0.4) is 0 Å². The lowest BCUT2D eigenvalue weighted by Crippen LogP contribution is -1.86. The molecule has 0 spiro atoms. The predicted molar refractivity (Wildman–Crippen MR) is 54.9 cm³/mol. The van der Waals surface area contributed by atoms with Gasteiger partial charge in [-0.25, -0.2) is 0 Å². The van der Waals surface area contributed by atoms with Gasteiger partial charge in [0.25, 0.3) is 0 Å². The molecule has 0 aliphatic heterocycles. The average Bonchev–Trinajstić information content (AvgIpc) is 2.05. The lowest BCUT2D eigenvalue weighted by Gasteiger charge is -2.00. The van der Waals surface area contributed by atoms with Gasteiger partial charge in [0, 0.05) is 0 Å². The highest BCUT2D eigenvalue weighted by molar-refractivity contribution is 4.68. The fourth-order valence-corrected chi connectivity index (χ4v) is 0.451. The molecule has 0 aliphatic rings. The summed E-state index contributed by atoms with van der Waals surface area (Å²) in [4.78, 5) is 0. The molecule has 11 heavy (non-hydrogen) atoms. The van der Waals surface area contributed by atoms with Gasteiger partial charge >= 0.3 is 0 Å². The van der Waals surface area contributed by atoms with Crippen molar-refractivity contribution in [3.05, 3.63) is 12.7 Å². The van der Waals surface area contributed by atoms with Crippen LogP contribution in [0.4, 0.5) is 0 Å². The lowest BCUT2D eigenvalue weighted by atomic mass is 10.1. The van der Waals surface area contributed by atoms with Gasteiger partial charge in [-0.15, -0.1) is 6.58 Å². The quantitative estimate of drug-likeness (QED) is 0.529. The van der Waals surface area contributed by atoms with Gasteiger partial charge in [-0.05, 0) is 12.3 Å². The summed E-state index contributed by atoms with van der Waals surface area (Å²) in [6.45, 7) is 12.5. The summed E-state index contributed by atoms with van der Waals surface area (Å²) in [5, 5.41) is 0. The van der Waals surface area contributed by atoms with Crippen molar-refractivity contribution in [3.63, 3.8) is 0 Å². The Morgan fingerprint density at radius 2 is 1.64 bits per heavy atom. The smallest absolute Gasteiger partial charge is 0.0328 e. The fraction of sp³-hybridized carbons (Fsp3) is 0.818. The maximum Gasteiger partial charge on any atom is -0.0328 e. The summed E-state index contributed by atoms with van der Waals surface area (Å²) in [6.07, 6.45) is 7.05. The largest absolute Gasteiger partial charge is 0.103 e. The molecule has 0 nitrogen and oxygen atoms in total. The normalized spacial score (nSPS) is 11.3. The molecule has 0 heterocycles. The van der Waals surface area contributed by atoms with Crippen molar-refractivity contribution in [2.24, 2.45) is 5.92 Å². The molecule has 0 aromatic heterocycles. The Kier molecular flexibility index (Phi) is 15.1. The average molecular weight is 156 g/mol. The van der Waals surface area contributed by atoms with E-state index in [2.05, 4.69) is 34.3 Å². The Morgan fingerprint density at radius 1 is 1.18 bits per heavy atom. The minimum Gasteiger partial charge on any atom is -0.103 e. The first-order valence-corrected chi connectivity index (χ1v) is 4.83. The minimum absolute atomic E-state index is 0.831. The van der Waals surface area contributed by atoms with Gasteiger partial charge < -0.3 is 0 Å². The van der Waals surface area contributed by atoms with Crippen LogP contribution in [-0.2, 0) is 0 Å². The van der Waals surface area contributed by atoms with E-state index in [0.717, 1.165) is 12.3 Å². The van der Waals surface area contributed by atoms with Crippen LogP contribution in [0.5, 0.6) is 0 Å². The molecule has 0 saturated heterocycles. The molecule has 0 aliphatic carbocycles. The van der Waals surface area contributed by atoms with Crippen LogP contribution in [0.1, 0.15) is 53.4 Å². The Labute approximate surface area is 72.7 Å². The van der Waals surface area contributed by atoms with Crippen LogP contribution in [-0.4, -0.2) is 0 Å². The van der Waals surface area contributed by atoms with Gasteiger partial charge in [0.05, 0.1) is 0 Å². The molecule has 68 valence electrons. The van der Waals surface area contributed by atoms with Gasteiger partial charge in [-0.3, -0.25) is 0 Å². The first-order chi connectivity index (χ1) is 5.22. The summed E-state index contributed by atoms with van der Waals surface area (Å²) in [5.74, 6) is 0.831. The molecule has 0 amide bonds. The second kappa shape index (κ2) is 12.4. The number of hydrogen-bond acceptors (Lipinski definition) is 0. The molecule has 0 saturated carbocycles. The predicted octanol–water partition coefficient (Wildman–Crippen LogP) is 4.42. The highest BCUT2D eigenvalue weighted by atomic mass is 14.0. The van der Waals surface area contributed by atoms with Crippen LogP contribution in [0.25, 0.3) is 0 Å². The van der Waals surface area contributed by atoms with Crippen molar-refractivity contribution in [2.45, 2.75) is 53.4 Å². The first kappa shape index (κ1) is 13.3. The zero-order valence-electron chi connectivity index (χ0n) is 8.69. The molecule has 1 unspecified atom stereocenters. The number of rotatable bonds is 4. The van der Waals surface area contributed by atoms with E-state index in [1.165, 1.54) is 19.3 Å². The Balaban J connectivity index is 0. The molecule has 0 fully saturated rings. The summed E-state index contributed by atoms with van der Waals surface area (Å²) < 4.78 is 0. The fourth-order valence-electron chi connectivity index (χ4n) is 0.451. The van der Waals surface area contributed by atoms with Gasteiger partial charge in [0.2, 0.25) is 0 Å². The summed E-state index contributed by atoms with van der Waals surface area (Å²) in [7, 11) is 0. The maximum atomic E-state index is 3.65. The van der Waals surface area contributed by atoms with Crippen LogP contribution < -0.4 is 0 Å². The van der Waals surface area contributed by atoms with Crippen LogP contribution >= 0.6 is 0 Å². The molecule has 0 aromatic rings. The van der Waals surface area contributed by atoms with E-state index in [9.17, 15) is 0 Å². The third kappa shape index (κ3) is 17.7. The molecule has 0 N–H and O–H groups in total. The maximum absolute atomic E-state index is 3.65. The van der Waals surface area contributed by atoms with Crippen molar-refractivity contribution in [3.8, 4) is 0 Å². The zero-order valence-corrected chi connectivity index (χ0v) is 8.69. The molecule has 0 rings (SSSR count). The molecular formula is C11H24.